The van der Waals surface area contributed by atoms with Gasteiger partial charge in [-0.3, -0.25) is 0 Å². The number of carboxylic acids is 1. The van der Waals surface area contributed by atoms with E-state index in [0.717, 1.165) is 25.7 Å². The number of hydrogen-bond acceptors (Lipinski definition) is 3. The first-order valence-electron chi connectivity index (χ1n) is 6.55. The number of benzene rings is 1. The quantitative estimate of drug-likeness (QED) is 0.736. The minimum absolute atomic E-state index is 0.0295. The molecule has 6 nitrogen and oxygen atoms in total. The molecule has 1 aliphatic carbocycles. The van der Waals surface area contributed by atoms with Gasteiger partial charge in [-0.05, 0) is 30.5 Å². The minimum atomic E-state index is -3.51. The number of carbonyl (C=O) groups is 1. The Balaban J connectivity index is 1.88. The molecule has 0 unspecified atom stereocenters. The lowest BCUT2D eigenvalue weighted by molar-refractivity contribution is 0.0697. The van der Waals surface area contributed by atoms with Crippen LogP contribution < -0.4 is 9.44 Å². The molecule has 0 saturated heterocycles. The van der Waals surface area contributed by atoms with Crippen molar-refractivity contribution in [2.24, 2.45) is 0 Å². The predicted molar refractivity (Wildman–Crippen MR) is 74.6 cm³/mol. The van der Waals surface area contributed by atoms with Crippen molar-refractivity contribution in [1.82, 2.24) is 9.44 Å². The molecule has 0 spiro atoms. The summed E-state index contributed by atoms with van der Waals surface area (Å²) in [6, 6.07) is 6.14. The number of carboxylic acid groups (broad SMARTS) is 1. The van der Waals surface area contributed by atoms with Gasteiger partial charge in [-0.1, -0.05) is 25.0 Å². The van der Waals surface area contributed by atoms with Gasteiger partial charge in [0.05, 0.1) is 5.56 Å². The zero-order chi connectivity index (χ0) is 14.6. The maximum absolute atomic E-state index is 11.8. The molecule has 7 heteroatoms. The largest absolute Gasteiger partial charge is 0.478 e. The second-order valence-electron chi connectivity index (χ2n) is 4.93. The van der Waals surface area contributed by atoms with Crippen LogP contribution in [0.2, 0.25) is 0 Å². The molecule has 110 valence electrons. The number of rotatable bonds is 6. The van der Waals surface area contributed by atoms with E-state index < -0.39 is 16.2 Å². The van der Waals surface area contributed by atoms with Crippen molar-refractivity contribution < 1.29 is 18.3 Å². The lowest BCUT2D eigenvalue weighted by Crippen LogP contribution is -2.41. The molecule has 3 N–H and O–H groups in total. The molecule has 2 rings (SSSR count). The van der Waals surface area contributed by atoms with Crippen LogP contribution in [0.25, 0.3) is 0 Å². The Morgan fingerprint density at radius 2 is 1.80 bits per heavy atom. The lowest BCUT2D eigenvalue weighted by Gasteiger charge is -2.13. The number of hydrogen-bond donors (Lipinski definition) is 3. The van der Waals surface area contributed by atoms with Crippen LogP contribution >= 0.6 is 0 Å². The first-order chi connectivity index (χ1) is 9.46. The minimum Gasteiger partial charge on any atom is -0.478 e. The van der Waals surface area contributed by atoms with Crippen molar-refractivity contribution in [3.63, 3.8) is 0 Å². The summed E-state index contributed by atoms with van der Waals surface area (Å²) >= 11 is 0. The molecule has 1 aliphatic rings. The van der Waals surface area contributed by atoms with Crippen LogP contribution in [-0.4, -0.2) is 25.5 Å². The summed E-state index contributed by atoms with van der Waals surface area (Å²) in [7, 11) is -3.51. The van der Waals surface area contributed by atoms with Crippen LogP contribution in [0.1, 0.15) is 41.6 Å². The highest BCUT2D eigenvalue weighted by atomic mass is 32.2. The molecule has 1 fully saturated rings. The summed E-state index contributed by atoms with van der Waals surface area (Å²) in [5.41, 5.74) is 0.896. The molecule has 1 aromatic carbocycles. The van der Waals surface area contributed by atoms with Crippen LogP contribution in [0.3, 0.4) is 0 Å². The van der Waals surface area contributed by atoms with Gasteiger partial charge in [0, 0.05) is 12.6 Å². The van der Waals surface area contributed by atoms with Crippen molar-refractivity contribution in [1.29, 1.82) is 0 Å². The topological polar surface area (TPSA) is 95.5 Å². The third kappa shape index (κ3) is 4.29. The first kappa shape index (κ1) is 15.0. The number of nitrogens with one attached hydrogen (secondary N) is 2. The molecule has 0 heterocycles. The van der Waals surface area contributed by atoms with E-state index in [1.165, 1.54) is 12.1 Å². The zero-order valence-electron chi connectivity index (χ0n) is 11.0. The standard InChI is InChI=1S/C13H18N2O4S/c16-13(17)11-7-5-10(6-8-11)9-14-20(18,19)15-12-3-1-2-4-12/h5-8,12,14-15H,1-4,9H2,(H,16,17). The molecule has 0 bridgehead atoms. The fraction of sp³-hybridized carbons (Fsp3) is 0.462. The second kappa shape index (κ2) is 6.34. The third-order valence-corrected chi connectivity index (χ3v) is 4.51. The smallest absolute Gasteiger partial charge is 0.335 e. The monoisotopic (exact) mass is 298 g/mol. The maximum atomic E-state index is 11.8. The van der Waals surface area contributed by atoms with Crippen LogP contribution in [-0.2, 0) is 16.8 Å². The molecule has 20 heavy (non-hydrogen) atoms. The van der Waals surface area contributed by atoms with E-state index >= 15 is 0 Å². The van der Waals surface area contributed by atoms with E-state index in [2.05, 4.69) is 9.44 Å². The van der Waals surface area contributed by atoms with E-state index in [0.29, 0.717) is 5.56 Å². The average molecular weight is 298 g/mol. The third-order valence-electron chi connectivity index (χ3n) is 3.34. The van der Waals surface area contributed by atoms with Gasteiger partial charge in [0.15, 0.2) is 0 Å². The predicted octanol–water partition coefficient (Wildman–Crippen LogP) is 1.25. The van der Waals surface area contributed by atoms with Crippen molar-refractivity contribution >= 4 is 16.2 Å². The summed E-state index contributed by atoms with van der Waals surface area (Å²) < 4.78 is 28.7. The van der Waals surface area contributed by atoms with E-state index in [-0.39, 0.29) is 18.2 Å². The van der Waals surface area contributed by atoms with Crippen LogP contribution in [0.4, 0.5) is 0 Å². The van der Waals surface area contributed by atoms with Gasteiger partial charge in [0.1, 0.15) is 0 Å². The highest BCUT2D eigenvalue weighted by Gasteiger charge is 2.20. The molecule has 1 aromatic rings. The number of aromatic carboxylic acids is 1. The Bertz CT molecular complexity index is 563. The fourth-order valence-electron chi connectivity index (χ4n) is 2.25. The molecular formula is C13H18N2O4S. The van der Waals surface area contributed by atoms with Gasteiger partial charge < -0.3 is 5.11 Å². The molecule has 0 amide bonds. The van der Waals surface area contributed by atoms with Gasteiger partial charge in [0.2, 0.25) is 0 Å². The Kier molecular flexibility index (Phi) is 4.74. The van der Waals surface area contributed by atoms with Crippen molar-refractivity contribution in [2.45, 2.75) is 38.3 Å². The van der Waals surface area contributed by atoms with Gasteiger partial charge in [-0.15, -0.1) is 0 Å². The highest BCUT2D eigenvalue weighted by molar-refractivity contribution is 7.87. The van der Waals surface area contributed by atoms with Gasteiger partial charge in [-0.25, -0.2) is 4.79 Å². The molecule has 0 aliphatic heterocycles. The van der Waals surface area contributed by atoms with Crippen LogP contribution in [0.15, 0.2) is 24.3 Å². The van der Waals surface area contributed by atoms with Crippen molar-refractivity contribution in [2.75, 3.05) is 0 Å². The highest BCUT2D eigenvalue weighted by Crippen LogP contribution is 2.18. The van der Waals surface area contributed by atoms with Gasteiger partial charge in [0.25, 0.3) is 10.2 Å². The molecule has 0 radical (unpaired) electrons. The molecule has 1 saturated carbocycles. The van der Waals surface area contributed by atoms with Gasteiger partial charge in [-0.2, -0.15) is 17.9 Å². The summed E-state index contributed by atoms with van der Waals surface area (Å²) in [5.74, 6) is -1.000. The summed E-state index contributed by atoms with van der Waals surface area (Å²) in [5, 5.41) is 8.77. The Labute approximate surface area is 118 Å². The second-order valence-corrected chi connectivity index (χ2v) is 6.46. The normalized spacial score (nSPS) is 16.4. The van der Waals surface area contributed by atoms with E-state index in [1.54, 1.807) is 12.1 Å². The van der Waals surface area contributed by atoms with Gasteiger partial charge >= 0.3 is 5.97 Å². The Morgan fingerprint density at radius 1 is 1.20 bits per heavy atom. The molecule has 0 atom stereocenters. The maximum Gasteiger partial charge on any atom is 0.335 e. The van der Waals surface area contributed by atoms with E-state index in [4.69, 9.17) is 5.11 Å². The van der Waals surface area contributed by atoms with Crippen LogP contribution in [0, 0.1) is 0 Å². The van der Waals surface area contributed by atoms with Crippen molar-refractivity contribution in [3.8, 4) is 0 Å². The summed E-state index contributed by atoms with van der Waals surface area (Å²) in [4.78, 5) is 10.7. The summed E-state index contributed by atoms with van der Waals surface area (Å²) in [6.45, 7) is 0.141. The molecular weight excluding hydrogens is 280 g/mol. The van der Waals surface area contributed by atoms with E-state index in [1.807, 2.05) is 0 Å². The molecule has 0 aromatic heterocycles. The summed E-state index contributed by atoms with van der Waals surface area (Å²) in [6.07, 6.45) is 3.89. The van der Waals surface area contributed by atoms with Crippen LogP contribution in [0.5, 0.6) is 0 Å². The lowest BCUT2D eigenvalue weighted by atomic mass is 10.1. The van der Waals surface area contributed by atoms with E-state index in [9.17, 15) is 13.2 Å². The average Bonchev–Trinajstić information content (AvgIpc) is 2.89. The van der Waals surface area contributed by atoms with Crippen molar-refractivity contribution in [3.05, 3.63) is 35.4 Å². The SMILES string of the molecule is O=C(O)c1ccc(CNS(=O)(=O)NC2CCCC2)cc1. The fourth-order valence-corrected chi connectivity index (χ4v) is 3.36. The Hall–Kier alpha value is -1.44. The zero-order valence-corrected chi connectivity index (χ0v) is 11.8. The first-order valence-corrected chi connectivity index (χ1v) is 8.04. The Morgan fingerprint density at radius 3 is 2.35 bits per heavy atom.